The molecule has 1 saturated carbocycles. The number of hydrogen-bond acceptors (Lipinski definition) is 6. The number of Topliss-reactive ketones (excluding diaryl/α,β-unsaturated/α-hetero) is 2. The van der Waals surface area contributed by atoms with Gasteiger partial charge in [0.25, 0.3) is 5.91 Å². The number of amides is 3. The molecule has 10 heteroatoms. The number of ketones is 2. The first-order valence-corrected chi connectivity index (χ1v) is 13.4. The summed E-state index contributed by atoms with van der Waals surface area (Å²) < 4.78 is 5.42. The van der Waals surface area contributed by atoms with Gasteiger partial charge in [-0.05, 0) is 62.1 Å². The fourth-order valence-corrected chi connectivity index (χ4v) is 6.50. The molecule has 3 heterocycles. The summed E-state index contributed by atoms with van der Waals surface area (Å²) in [5, 5.41) is 6.35. The summed E-state index contributed by atoms with van der Waals surface area (Å²) in [4.78, 5) is 69.4. The van der Waals surface area contributed by atoms with E-state index in [1.165, 1.54) is 6.92 Å². The molecule has 1 aliphatic carbocycles. The van der Waals surface area contributed by atoms with Crippen LogP contribution in [0.5, 0.6) is 5.75 Å². The Labute approximate surface area is 220 Å². The Morgan fingerprint density at radius 1 is 1.16 bits per heavy atom. The number of aromatic amines is 1. The Balaban J connectivity index is 1.40. The molecule has 5 atom stereocenters. The molecular formula is C28H34N4O6. The molecule has 38 heavy (non-hydrogen) atoms. The average Bonchev–Trinajstić information content (AvgIpc) is 3.62. The summed E-state index contributed by atoms with van der Waals surface area (Å²) in [6, 6.07) is 5.38. The third-order valence-electron chi connectivity index (χ3n) is 8.39. The highest BCUT2D eigenvalue weighted by Gasteiger charge is 2.50. The Morgan fingerprint density at radius 2 is 1.97 bits per heavy atom. The van der Waals surface area contributed by atoms with Crippen LogP contribution in [0.4, 0.5) is 0 Å². The van der Waals surface area contributed by atoms with Crippen LogP contribution in [0.15, 0.2) is 24.3 Å². The number of hydrogen-bond donors (Lipinski definition) is 3. The minimum absolute atomic E-state index is 0.0241. The normalized spacial score (nSPS) is 25.5. The van der Waals surface area contributed by atoms with E-state index in [-0.39, 0.29) is 30.1 Å². The molecule has 2 saturated heterocycles. The second-order valence-electron chi connectivity index (χ2n) is 10.7. The highest BCUT2D eigenvalue weighted by atomic mass is 16.5. The largest absolute Gasteiger partial charge is 0.496 e. The van der Waals surface area contributed by atoms with Crippen molar-refractivity contribution in [2.45, 2.75) is 57.5 Å². The second-order valence-corrected chi connectivity index (χ2v) is 10.7. The maximum absolute atomic E-state index is 13.8. The molecule has 2 aromatic rings. The number of H-pyrrole nitrogens is 1. The van der Waals surface area contributed by atoms with E-state index in [1.807, 2.05) is 18.2 Å². The maximum Gasteiger partial charge on any atom is 0.271 e. The number of benzene rings is 1. The van der Waals surface area contributed by atoms with Crippen molar-refractivity contribution < 1.29 is 28.7 Å². The van der Waals surface area contributed by atoms with Gasteiger partial charge in [0.05, 0.1) is 13.2 Å². The van der Waals surface area contributed by atoms with Crippen LogP contribution < -0.4 is 15.4 Å². The zero-order chi connectivity index (χ0) is 27.0. The minimum Gasteiger partial charge on any atom is -0.496 e. The first-order chi connectivity index (χ1) is 18.3. The Bertz CT molecular complexity index is 1290. The molecule has 1 aromatic heterocycles. The Morgan fingerprint density at radius 3 is 2.71 bits per heavy atom. The van der Waals surface area contributed by atoms with Gasteiger partial charge in [0, 0.05) is 36.8 Å². The highest BCUT2D eigenvalue weighted by molar-refractivity contribution is 6.38. The van der Waals surface area contributed by atoms with E-state index >= 15 is 0 Å². The lowest BCUT2D eigenvalue weighted by molar-refractivity contribution is -0.139. The third-order valence-corrected chi connectivity index (χ3v) is 8.39. The maximum atomic E-state index is 13.8. The van der Waals surface area contributed by atoms with Crippen molar-refractivity contribution in [1.29, 1.82) is 0 Å². The van der Waals surface area contributed by atoms with Crippen LogP contribution in [0.1, 0.15) is 55.9 Å². The average molecular weight is 523 g/mol. The molecule has 0 bridgehead atoms. The zero-order valence-corrected chi connectivity index (χ0v) is 21.7. The summed E-state index contributed by atoms with van der Waals surface area (Å²) in [6.45, 7) is 2.20. The van der Waals surface area contributed by atoms with Gasteiger partial charge in [-0.1, -0.05) is 12.5 Å². The topological polar surface area (TPSA) is 138 Å². The van der Waals surface area contributed by atoms with Crippen molar-refractivity contribution in [3.63, 3.8) is 0 Å². The molecule has 5 unspecified atom stereocenters. The van der Waals surface area contributed by atoms with E-state index < -0.39 is 35.5 Å². The van der Waals surface area contributed by atoms with Crippen LogP contribution in [0.3, 0.4) is 0 Å². The van der Waals surface area contributed by atoms with Gasteiger partial charge < -0.3 is 25.3 Å². The fourth-order valence-electron chi connectivity index (χ4n) is 6.50. The summed E-state index contributed by atoms with van der Waals surface area (Å²) in [7, 11) is 1.57. The van der Waals surface area contributed by atoms with Gasteiger partial charge in [0.1, 0.15) is 17.5 Å². The lowest BCUT2D eigenvalue weighted by atomic mass is 9.88. The van der Waals surface area contributed by atoms with E-state index in [0.29, 0.717) is 31.0 Å². The van der Waals surface area contributed by atoms with Crippen molar-refractivity contribution in [3.05, 3.63) is 30.0 Å². The summed E-state index contributed by atoms with van der Waals surface area (Å²) in [6.07, 6.45) is 4.14. The van der Waals surface area contributed by atoms with E-state index in [9.17, 15) is 24.0 Å². The fraction of sp³-hybridized carbons (Fsp3) is 0.536. The lowest BCUT2D eigenvalue weighted by Gasteiger charge is -2.30. The third kappa shape index (κ3) is 4.79. The number of fused-ring (bicyclic) bond motifs is 2. The van der Waals surface area contributed by atoms with Gasteiger partial charge in [-0.25, -0.2) is 0 Å². The smallest absolute Gasteiger partial charge is 0.271 e. The van der Waals surface area contributed by atoms with Gasteiger partial charge in [0.15, 0.2) is 5.78 Å². The van der Waals surface area contributed by atoms with Crippen molar-refractivity contribution in [3.8, 4) is 5.75 Å². The Hall–Kier alpha value is -3.69. The molecule has 3 amide bonds. The second kappa shape index (κ2) is 10.6. The molecule has 2 aliphatic heterocycles. The van der Waals surface area contributed by atoms with Crippen LogP contribution in [0.25, 0.3) is 10.9 Å². The lowest BCUT2D eigenvalue weighted by Crippen LogP contribution is -2.54. The number of carbonyl (C=O) groups is 5. The van der Waals surface area contributed by atoms with Gasteiger partial charge in [-0.3, -0.25) is 24.0 Å². The number of methoxy groups -OCH3 is 1. The predicted octanol–water partition coefficient (Wildman–Crippen LogP) is 1.98. The highest BCUT2D eigenvalue weighted by Crippen LogP contribution is 2.43. The van der Waals surface area contributed by atoms with Crippen LogP contribution in [-0.4, -0.2) is 71.5 Å². The number of nitrogens with one attached hydrogen (secondary N) is 3. The number of aromatic nitrogens is 1. The van der Waals surface area contributed by atoms with Gasteiger partial charge >= 0.3 is 0 Å². The Kier molecular flexibility index (Phi) is 7.23. The molecule has 3 fully saturated rings. The summed E-state index contributed by atoms with van der Waals surface area (Å²) in [5.74, 6) is -1.95. The predicted molar refractivity (Wildman–Crippen MR) is 138 cm³/mol. The number of piperidine rings is 1. The van der Waals surface area contributed by atoms with Crippen LogP contribution in [0, 0.1) is 17.8 Å². The van der Waals surface area contributed by atoms with Gasteiger partial charge in [-0.2, -0.15) is 0 Å². The molecule has 5 rings (SSSR count). The number of rotatable bonds is 8. The van der Waals surface area contributed by atoms with Crippen molar-refractivity contribution in [2.24, 2.45) is 17.8 Å². The van der Waals surface area contributed by atoms with Gasteiger partial charge in [-0.15, -0.1) is 0 Å². The van der Waals surface area contributed by atoms with Crippen molar-refractivity contribution >= 4 is 40.2 Å². The van der Waals surface area contributed by atoms with Crippen molar-refractivity contribution in [1.82, 2.24) is 20.5 Å². The molecular weight excluding hydrogens is 488 g/mol. The van der Waals surface area contributed by atoms with Crippen molar-refractivity contribution in [2.75, 3.05) is 20.2 Å². The summed E-state index contributed by atoms with van der Waals surface area (Å²) in [5.41, 5.74) is 1.11. The van der Waals surface area contributed by atoms with E-state index in [1.54, 1.807) is 18.1 Å². The molecule has 3 N–H and O–H groups in total. The first-order valence-electron chi connectivity index (χ1n) is 13.4. The number of likely N-dealkylation sites (tertiary alicyclic amines) is 1. The molecule has 10 nitrogen and oxygen atoms in total. The molecule has 0 radical (unpaired) electrons. The standard InChI is InChI=1S/C28H34N4O6/c1-15(33)25(34)21(12-16-7-5-11-29-26(16)35)31-27(36)24-18-8-3-6-17(18)14-32(24)28(37)22-13-19-20(30-22)9-4-10-23(19)38-2/h4,9-10,13,16-18,21,24,30H,3,5-8,11-12,14H2,1-2H3,(H,29,35)(H,31,36). The number of carbonyl (C=O) groups excluding carboxylic acids is 5. The summed E-state index contributed by atoms with van der Waals surface area (Å²) >= 11 is 0. The quantitative estimate of drug-likeness (QED) is 0.454. The zero-order valence-electron chi connectivity index (χ0n) is 21.7. The van der Waals surface area contributed by atoms with E-state index in [2.05, 4.69) is 15.6 Å². The number of ether oxygens (including phenoxy) is 1. The SMILES string of the molecule is COc1cccc2[nH]c(C(=O)N3CC4CCCC4C3C(=O)NC(CC3CCCNC3=O)C(=O)C(C)=O)cc12. The first kappa shape index (κ1) is 25.9. The monoisotopic (exact) mass is 522 g/mol. The number of nitrogens with zero attached hydrogens (tertiary/aromatic N) is 1. The van der Waals surface area contributed by atoms with E-state index in [4.69, 9.17) is 4.74 Å². The molecule has 1 aromatic carbocycles. The molecule has 3 aliphatic rings. The van der Waals surface area contributed by atoms with E-state index in [0.717, 1.165) is 36.6 Å². The minimum atomic E-state index is -1.11. The van der Waals surface area contributed by atoms with Crippen LogP contribution in [0.2, 0.25) is 0 Å². The molecule has 0 spiro atoms. The molecule has 202 valence electrons. The van der Waals surface area contributed by atoms with Crippen LogP contribution >= 0.6 is 0 Å². The van der Waals surface area contributed by atoms with Gasteiger partial charge in [0.2, 0.25) is 17.6 Å². The van der Waals surface area contributed by atoms with Crippen LogP contribution in [-0.2, 0) is 19.2 Å².